The molecule has 0 N–H and O–H groups in total. The zero-order valence-electron chi connectivity index (χ0n) is 25.6. The van der Waals surface area contributed by atoms with Gasteiger partial charge in [0.05, 0.1) is 11.8 Å². The van der Waals surface area contributed by atoms with Gasteiger partial charge in [-0.2, -0.15) is 0 Å². The first kappa shape index (κ1) is 35.6. The average Bonchev–Trinajstić information content (AvgIpc) is 2.85. The number of ether oxygens (including phenoxy) is 2. The average molecular weight is 524 g/mol. The van der Waals surface area contributed by atoms with E-state index in [0.29, 0.717) is 6.54 Å². The van der Waals surface area contributed by atoms with Gasteiger partial charge in [0, 0.05) is 6.54 Å². The lowest BCUT2D eigenvalue weighted by Gasteiger charge is -2.24. The smallest absolute Gasteiger partial charge is 0.310 e. The minimum atomic E-state index is -0.455. The molecule has 0 aliphatic carbocycles. The number of hydrogen-bond acceptors (Lipinski definition) is 5. The summed E-state index contributed by atoms with van der Waals surface area (Å²) < 4.78 is 11.1. The van der Waals surface area contributed by atoms with Crippen LogP contribution >= 0.6 is 0 Å². The molecule has 218 valence electrons. The quantitative estimate of drug-likeness (QED) is 0.0721. The van der Waals surface area contributed by atoms with Gasteiger partial charge in [-0.15, -0.1) is 0 Å². The minimum Gasteiger partial charge on any atom is -0.459 e. The molecule has 0 rings (SSSR count). The van der Waals surface area contributed by atoms with Crippen LogP contribution < -0.4 is 0 Å². The fraction of sp³-hybridized carbons (Fsp3) is 0.875. The lowest BCUT2D eigenvalue weighted by Crippen LogP contribution is -2.35. The fourth-order valence-electron chi connectivity index (χ4n) is 4.41. The van der Waals surface area contributed by atoms with Crippen LogP contribution in [0.15, 0.2) is 12.2 Å². The van der Waals surface area contributed by atoms with Gasteiger partial charge in [0.1, 0.15) is 12.2 Å². The first-order chi connectivity index (χ1) is 17.7. The Hall–Kier alpha value is -1.36. The molecule has 0 fully saturated rings. The summed E-state index contributed by atoms with van der Waals surface area (Å²) in [5.41, 5.74) is 0. The Balaban J connectivity index is 3.74. The van der Waals surface area contributed by atoms with Crippen molar-refractivity contribution in [1.29, 1.82) is 0 Å². The summed E-state index contributed by atoms with van der Waals surface area (Å²) in [6, 6.07) is 0. The van der Waals surface area contributed by atoms with E-state index in [1.165, 1.54) is 89.9 Å². The van der Waals surface area contributed by atoms with Crippen molar-refractivity contribution in [1.82, 2.24) is 4.90 Å². The molecule has 0 spiro atoms. The van der Waals surface area contributed by atoms with E-state index in [0.717, 1.165) is 12.8 Å². The van der Waals surface area contributed by atoms with Crippen LogP contribution in [0.25, 0.3) is 0 Å². The van der Waals surface area contributed by atoms with Gasteiger partial charge in [-0.25, -0.2) is 0 Å². The summed E-state index contributed by atoms with van der Waals surface area (Å²) in [7, 11) is 3.85. The molecular weight excluding hydrogens is 462 g/mol. The highest BCUT2D eigenvalue weighted by molar-refractivity contribution is 5.73. The van der Waals surface area contributed by atoms with Crippen molar-refractivity contribution >= 4 is 11.9 Å². The van der Waals surface area contributed by atoms with E-state index >= 15 is 0 Å². The lowest BCUT2D eigenvalue weighted by atomic mass is 10.0. The number of unbranched alkanes of at least 4 members (excludes halogenated alkanes) is 13. The molecule has 4 atom stereocenters. The molecule has 0 aromatic rings. The van der Waals surface area contributed by atoms with Crippen LogP contribution in [0.1, 0.15) is 137 Å². The molecule has 4 unspecified atom stereocenters. The highest BCUT2D eigenvalue weighted by Gasteiger charge is 2.25. The van der Waals surface area contributed by atoms with Gasteiger partial charge in [0.25, 0.3) is 0 Å². The second kappa shape index (κ2) is 23.7. The van der Waals surface area contributed by atoms with Gasteiger partial charge in [0.2, 0.25) is 0 Å². The fourth-order valence-corrected chi connectivity index (χ4v) is 4.41. The van der Waals surface area contributed by atoms with Crippen molar-refractivity contribution in [3.8, 4) is 0 Å². The number of hydrogen-bond donors (Lipinski definition) is 0. The van der Waals surface area contributed by atoms with Crippen LogP contribution in [0.3, 0.4) is 0 Å². The molecule has 0 saturated heterocycles. The van der Waals surface area contributed by atoms with Crippen LogP contribution in [0.2, 0.25) is 0 Å². The van der Waals surface area contributed by atoms with E-state index in [1.807, 2.05) is 32.8 Å². The monoisotopic (exact) mass is 523 g/mol. The maximum atomic E-state index is 12.5. The summed E-state index contributed by atoms with van der Waals surface area (Å²) in [6.07, 6.45) is 24.1. The molecule has 0 radical (unpaired) electrons. The summed E-state index contributed by atoms with van der Waals surface area (Å²) in [5.74, 6) is -0.786. The van der Waals surface area contributed by atoms with Crippen LogP contribution in [0, 0.1) is 11.8 Å². The summed E-state index contributed by atoms with van der Waals surface area (Å²) >= 11 is 0. The third-order valence-corrected chi connectivity index (χ3v) is 7.11. The molecule has 0 aliphatic rings. The summed E-state index contributed by atoms with van der Waals surface area (Å²) in [6.45, 7) is 10.3. The molecule has 37 heavy (non-hydrogen) atoms. The number of esters is 2. The standard InChI is InChI=1S/C32H61NO4/c1-8-9-10-11-12-13-14-15-16-17-18-19-20-21-22-23-24-25-27(2)31(34)36-29(4)30(5)37-32(35)28(3)26-33(6)7/h16-17,27-30H,8-15,18-26H2,1-7H3/b17-16+. The topological polar surface area (TPSA) is 55.8 Å². The van der Waals surface area contributed by atoms with Gasteiger partial charge in [-0.05, 0) is 60.0 Å². The van der Waals surface area contributed by atoms with Crippen molar-refractivity contribution < 1.29 is 19.1 Å². The second-order valence-electron chi connectivity index (χ2n) is 11.4. The Morgan fingerprint density at radius 3 is 1.49 bits per heavy atom. The Labute approximate surface area is 230 Å². The molecule has 0 aromatic carbocycles. The summed E-state index contributed by atoms with van der Waals surface area (Å²) in [4.78, 5) is 26.6. The molecule has 5 nitrogen and oxygen atoms in total. The first-order valence-electron chi connectivity index (χ1n) is 15.4. The highest BCUT2D eigenvalue weighted by Crippen LogP contribution is 2.16. The molecular formula is C32H61NO4. The molecule has 0 bridgehead atoms. The Morgan fingerprint density at radius 2 is 1.03 bits per heavy atom. The first-order valence-corrected chi connectivity index (χ1v) is 15.4. The normalized spacial score (nSPS) is 15.0. The van der Waals surface area contributed by atoms with Gasteiger partial charge in [-0.1, -0.05) is 104 Å². The van der Waals surface area contributed by atoms with Gasteiger partial charge in [0.15, 0.2) is 0 Å². The summed E-state index contributed by atoms with van der Waals surface area (Å²) in [5, 5.41) is 0. The molecule has 0 aromatic heterocycles. The van der Waals surface area contributed by atoms with Crippen molar-refractivity contribution in [3.63, 3.8) is 0 Å². The maximum Gasteiger partial charge on any atom is 0.310 e. The van der Waals surface area contributed by atoms with Crippen LogP contribution in [0.4, 0.5) is 0 Å². The van der Waals surface area contributed by atoms with E-state index in [-0.39, 0.29) is 23.8 Å². The molecule has 0 heterocycles. The predicted octanol–water partition coefficient (Wildman–Crippen LogP) is 8.50. The number of carbonyl (C=O) groups excluding carboxylic acids is 2. The lowest BCUT2D eigenvalue weighted by molar-refractivity contribution is -0.170. The van der Waals surface area contributed by atoms with Crippen LogP contribution in [-0.2, 0) is 19.1 Å². The Morgan fingerprint density at radius 1 is 0.622 bits per heavy atom. The van der Waals surface area contributed by atoms with Gasteiger partial charge >= 0.3 is 11.9 Å². The SMILES string of the molecule is CCCCCCCCC/C=C/CCCCCCCCC(C)C(=O)OC(C)C(C)OC(=O)C(C)CN(C)C. The van der Waals surface area contributed by atoms with E-state index in [1.54, 1.807) is 13.8 Å². The van der Waals surface area contributed by atoms with Crippen LogP contribution in [-0.4, -0.2) is 49.7 Å². The van der Waals surface area contributed by atoms with Crippen molar-refractivity contribution in [2.24, 2.45) is 11.8 Å². The highest BCUT2D eigenvalue weighted by atomic mass is 16.6. The Bertz CT molecular complexity index is 589. The van der Waals surface area contributed by atoms with Crippen molar-refractivity contribution in [2.75, 3.05) is 20.6 Å². The molecule has 0 amide bonds. The number of carbonyl (C=O) groups is 2. The Kier molecular flexibility index (Phi) is 22.9. The largest absolute Gasteiger partial charge is 0.459 e. The number of allylic oxidation sites excluding steroid dienone is 2. The molecule has 0 aliphatic heterocycles. The molecule has 5 heteroatoms. The zero-order valence-corrected chi connectivity index (χ0v) is 25.6. The van der Waals surface area contributed by atoms with Crippen molar-refractivity contribution in [2.45, 2.75) is 150 Å². The van der Waals surface area contributed by atoms with E-state index in [4.69, 9.17) is 9.47 Å². The van der Waals surface area contributed by atoms with Gasteiger partial charge < -0.3 is 14.4 Å². The van der Waals surface area contributed by atoms with Crippen molar-refractivity contribution in [3.05, 3.63) is 12.2 Å². The van der Waals surface area contributed by atoms with E-state index in [9.17, 15) is 9.59 Å². The van der Waals surface area contributed by atoms with E-state index < -0.39 is 12.2 Å². The minimum absolute atomic E-state index is 0.125. The third-order valence-electron chi connectivity index (χ3n) is 7.11. The predicted molar refractivity (Wildman–Crippen MR) is 157 cm³/mol. The number of rotatable bonds is 24. The number of nitrogens with zero attached hydrogens (tertiary/aromatic N) is 1. The molecule has 0 saturated carbocycles. The zero-order chi connectivity index (χ0) is 27.9. The maximum absolute atomic E-state index is 12.5. The second-order valence-corrected chi connectivity index (χ2v) is 11.4. The van der Waals surface area contributed by atoms with Crippen LogP contribution in [0.5, 0.6) is 0 Å². The third kappa shape index (κ3) is 21.3. The van der Waals surface area contributed by atoms with E-state index in [2.05, 4.69) is 19.1 Å². The van der Waals surface area contributed by atoms with Gasteiger partial charge in [-0.3, -0.25) is 9.59 Å².